The second kappa shape index (κ2) is 10.7. The molecule has 0 aliphatic rings. The highest BCUT2D eigenvalue weighted by molar-refractivity contribution is 14.0. The van der Waals surface area contributed by atoms with E-state index < -0.39 is 0 Å². The first kappa shape index (κ1) is 19.0. The van der Waals surface area contributed by atoms with E-state index in [0.29, 0.717) is 13.1 Å². The zero-order valence-corrected chi connectivity index (χ0v) is 15.5. The topological polar surface area (TPSA) is 45.7 Å². The van der Waals surface area contributed by atoms with Crippen molar-refractivity contribution in [1.29, 1.82) is 0 Å². The molecule has 2 N–H and O–H groups in total. The molecule has 0 aromatic heterocycles. The Labute approximate surface area is 154 Å². The van der Waals surface area contributed by atoms with Crippen LogP contribution in [0.15, 0.2) is 72.2 Å². The molecule has 0 fully saturated rings. The molecule has 2 rings (SSSR count). The van der Waals surface area contributed by atoms with Gasteiger partial charge in [0.15, 0.2) is 5.96 Å². The number of hydrogen-bond acceptors (Lipinski definition) is 2. The molecule has 0 unspecified atom stereocenters. The van der Waals surface area contributed by atoms with Crippen LogP contribution in [0.25, 0.3) is 0 Å². The van der Waals surface area contributed by atoms with E-state index in [1.165, 1.54) is 0 Å². The molecule has 0 heterocycles. The average molecular weight is 423 g/mol. The predicted molar refractivity (Wildman–Crippen MR) is 107 cm³/mol. The summed E-state index contributed by atoms with van der Waals surface area (Å²) < 4.78 is 5.77. The Morgan fingerprint density at radius 1 is 1.04 bits per heavy atom. The van der Waals surface area contributed by atoms with E-state index in [1.54, 1.807) is 13.1 Å². The number of nitrogens with zero attached hydrogens (tertiary/aromatic N) is 1. The molecule has 4 nitrogen and oxygen atoms in total. The molecule has 122 valence electrons. The standard InChI is InChI=1S/C18H21N3O.HI/c1-3-13-20-18(19-2)21-14-15-9-11-17(12-10-15)22-16-7-5-4-6-8-16;/h3-12H,1,13-14H2,2H3,(H2,19,20,21);1H. The minimum Gasteiger partial charge on any atom is -0.457 e. The Kier molecular flexibility index (Phi) is 8.82. The molecule has 0 saturated heterocycles. The van der Waals surface area contributed by atoms with E-state index in [0.717, 1.165) is 23.0 Å². The van der Waals surface area contributed by atoms with Crippen LogP contribution >= 0.6 is 24.0 Å². The molecule has 5 heteroatoms. The molecule has 2 aromatic carbocycles. The lowest BCUT2D eigenvalue weighted by Gasteiger charge is -2.11. The van der Waals surface area contributed by atoms with Crippen LogP contribution in [-0.2, 0) is 6.54 Å². The van der Waals surface area contributed by atoms with E-state index in [4.69, 9.17) is 4.74 Å². The number of guanidine groups is 1. The Balaban J connectivity index is 0.00000264. The highest BCUT2D eigenvalue weighted by Gasteiger charge is 1.99. The van der Waals surface area contributed by atoms with Crippen molar-refractivity contribution in [1.82, 2.24) is 10.6 Å². The first-order valence-corrected chi connectivity index (χ1v) is 7.19. The van der Waals surface area contributed by atoms with Crippen molar-refractivity contribution >= 4 is 29.9 Å². The minimum atomic E-state index is 0. The molecule has 0 aliphatic carbocycles. The summed E-state index contributed by atoms with van der Waals surface area (Å²) in [6, 6.07) is 17.7. The van der Waals surface area contributed by atoms with Gasteiger partial charge in [-0.1, -0.05) is 36.4 Å². The lowest BCUT2D eigenvalue weighted by Crippen LogP contribution is -2.36. The fraction of sp³-hybridized carbons (Fsp3) is 0.167. The summed E-state index contributed by atoms with van der Waals surface area (Å²) >= 11 is 0. The lowest BCUT2D eigenvalue weighted by atomic mass is 10.2. The van der Waals surface area contributed by atoms with Gasteiger partial charge in [-0.15, -0.1) is 30.6 Å². The molecular weight excluding hydrogens is 401 g/mol. The Morgan fingerprint density at radius 3 is 2.30 bits per heavy atom. The number of hydrogen-bond donors (Lipinski definition) is 2. The summed E-state index contributed by atoms with van der Waals surface area (Å²) in [4.78, 5) is 4.14. The normalized spacial score (nSPS) is 10.4. The largest absolute Gasteiger partial charge is 0.457 e. The molecule has 0 amide bonds. The number of halogens is 1. The van der Waals surface area contributed by atoms with E-state index in [9.17, 15) is 0 Å². The van der Waals surface area contributed by atoms with Gasteiger partial charge in [-0.25, -0.2) is 0 Å². The van der Waals surface area contributed by atoms with Gasteiger partial charge in [-0.2, -0.15) is 0 Å². The number of para-hydroxylation sites is 1. The smallest absolute Gasteiger partial charge is 0.191 e. The van der Waals surface area contributed by atoms with Crippen molar-refractivity contribution in [2.75, 3.05) is 13.6 Å². The predicted octanol–water partition coefficient (Wildman–Crippen LogP) is 3.95. The van der Waals surface area contributed by atoms with Crippen LogP contribution in [0.1, 0.15) is 5.56 Å². The van der Waals surface area contributed by atoms with Crippen LogP contribution < -0.4 is 15.4 Å². The molecular formula is C18H22IN3O. The van der Waals surface area contributed by atoms with E-state index in [1.807, 2.05) is 54.6 Å². The van der Waals surface area contributed by atoms with Gasteiger partial charge >= 0.3 is 0 Å². The van der Waals surface area contributed by atoms with Crippen molar-refractivity contribution in [3.63, 3.8) is 0 Å². The third kappa shape index (κ3) is 6.73. The van der Waals surface area contributed by atoms with Crippen LogP contribution in [0.3, 0.4) is 0 Å². The molecule has 0 saturated carbocycles. The van der Waals surface area contributed by atoms with Gasteiger partial charge in [0.1, 0.15) is 11.5 Å². The van der Waals surface area contributed by atoms with E-state index in [2.05, 4.69) is 22.2 Å². The van der Waals surface area contributed by atoms with Crippen LogP contribution in [0.4, 0.5) is 0 Å². The Morgan fingerprint density at radius 2 is 1.70 bits per heavy atom. The number of benzene rings is 2. The Hall–Kier alpha value is -2.02. The Bertz CT molecular complexity index is 612. The van der Waals surface area contributed by atoms with Crippen LogP contribution in [0.5, 0.6) is 11.5 Å². The van der Waals surface area contributed by atoms with Crippen LogP contribution in [0, 0.1) is 0 Å². The maximum atomic E-state index is 5.77. The number of aliphatic imine (C=N–C) groups is 1. The third-order valence-corrected chi connectivity index (χ3v) is 3.00. The quantitative estimate of drug-likeness (QED) is 0.320. The summed E-state index contributed by atoms with van der Waals surface area (Å²) in [5, 5.41) is 6.37. The SMILES string of the molecule is C=CCNC(=NC)NCc1ccc(Oc2ccccc2)cc1.I. The highest BCUT2D eigenvalue weighted by atomic mass is 127. The third-order valence-electron chi connectivity index (χ3n) is 3.00. The van der Waals surface area contributed by atoms with E-state index >= 15 is 0 Å². The van der Waals surface area contributed by atoms with Crippen molar-refractivity contribution in [3.8, 4) is 11.5 Å². The van der Waals surface area contributed by atoms with Gasteiger partial charge < -0.3 is 15.4 Å². The summed E-state index contributed by atoms with van der Waals surface area (Å²) in [7, 11) is 1.75. The highest BCUT2D eigenvalue weighted by Crippen LogP contribution is 2.20. The van der Waals surface area contributed by atoms with E-state index in [-0.39, 0.29) is 24.0 Å². The minimum absolute atomic E-state index is 0. The lowest BCUT2D eigenvalue weighted by molar-refractivity contribution is 0.482. The first-order chi connectivity index (χ1) is 10.8. The number of nitrogens with one attached hydrogen (secondary N) is 2. The number of ether oxygens (including phenoxy) is 1. The van der Waals surface area contributed by atoms with Crippen molar-refractivity contribution < 1.29 is 4.74 Å². The zero-order chi connectivity index (χ0) is 15.6. The summed E-state index contributed by atoms with van der Waals surface area (Å²) in [5.41, 5.74) is 1.15. The van der Waals surface area contributed by atoms with Gasteiger partial charge in [0.2, 0.25) is 0 Å². The van der Waals surface area contributed by atoms with Gasteiger partial charge in [0.05, 0.1) is 0 Å². The molecule has 0 atom stereocenters. The van der Waals surface area contributed by atoms with Crippen LogP contribution in [0.2, 0.25) is 0 Å². The van der Waals surface area contributed by atoms with Gasteiger partial charge in [0.25, 0.3) is 0 Å². The first-order valence-electron chi connectivity index (χ1n) is 7.19. The van der Waals surface area contributed by atoms with Gasteiger partial charge in [0, 0.05) is 20.1 Å². The molecule has 0 bridgehead atoms. The van der Waals surface area contributed by atoms with Crippen LogP contribution in [-0.4, -0.2) is 19.6 Å². The van der Waals surface area contributed by atoms with Gasteiger partial charge in [-0.3, -0.25) is 4.99 Å². The second-order valence-electron chi connectivity index (χ2n) is 4.65. The zero-order valence-electron chi connectivity index (χ0n) is 13.2. The monoisotopic (exact) mass is 423 g/mol. The average Bonchev–Trinajstić information content (AvgIpc) is 2.57. The fourth-order valence-corrected chi connectivity index (χ4v) is 1.88. The summed E-state index contributed by atoms with van der Waals surface area (Å²) in [6.45, 7) is 5.05. The molecule has 0 spiro atoms. The summed E-state index contributed by atoms with van der Waals surface area (Å²) in [6.07, 6.45) is 1.79. The molecule has 0 aliphatic heterocycles. The fourth-order valence-electron chi connectivity index (χ4n) is 1.88. The molecule has 2 aromatic rings. The maximum absolute atomic E-state index is 5.77. The summed E-state index contributed by atoms with van der Waals surface area (Å²) in [5.74, 6) is 2.41. The maximum Gasteiger partial charge on any atom is 0.191 e. The van der Waals surface area contributed by atoms with Gasteiger partial charge in [-0.05, 0) is 29.8 Å². The molecule has 23 heavy (non-hydrogen) atoms. The van der Waals surface area contributed by atoms with Crippen molar-refractivity contribution in [3.05, 3.63) is 72.8 Å². The second-order valence-corrected chi connectivity index (χ2v) is 4.65. The number of rotatable bonds is 6. The van der Waals surface area contributed by atoms with Crippen molar-refractivity contribution in [2.45, 2.75) is 6.54 Å². The van der Waals surface area contributed by atoms with Crippen molar-refractivity contribution in [2.24, 2.45) is 4.99 Å². The molecule has 0 radical (unpaired) electrons.